The molecule has 4 rings (SSSR count). The van der Waals surface area contributed by atoms with Crippen LogP contribution in [-0.2, 0) is 6.54 Å². The first kappa shape index (κ1) is 15.0. The van der Waals surface area contributed by atoms with E-state index in [4.69, 9.17) is 4.42 Å². The summed E-state index contributed by atoms with van der Waals surface area (Å²) >= 11 is 3.63. The fraction of sp³-hybridized carbons (Fsp3) is 0.278. The molecule has 0 spiro atoms. The van der Waals surface area contributed by atoms with Gasteiger partial charge in [-0.05, 0) is 37.1 Å². The van der Waals surface area contributed by atoms with Gasteiger partial charge in [-0.2, -0.15) is 0 Å². The second-order valence-electron chi connectivity index (χ2n) is 5.82. The molecule has 0 atom stereocenters. The summed E-state index contributed by atoms with van der Waals surface area (Å²) in [6.07, 6.45) is 4.26. The van der Waals surface area contributed by atoms with E-state index >= 15 is 0 Å². The molecule has 0 unspecified atom stereocenters. The molecule has 0 aliphatic heterocycles. The highest BCUT2D eigenvalue weighted by Gasteiger charge is 2.43. The topological polar surface area (TPSA) is 38.1 Å². The summed E-state index contributed by atoms with van der Waals surface area (Å²) in [5, 5.41) is 6.63. The molecule has 3 nitrogen and oxygen atoms in total. The number of rotatable bonds is 7. The number of thioether (sulfide) groups is 1. The zero-order valence-electron chi connectivity index (χ0n) is 12.7. The molecule has 1 N–H and O–H groups in total. The normalized spacial score (nSPS) is 15.7. The van der Waals surface area contributed by atoms with E-state index in [1.165, 1.54) is 17.7 Å². The van der Waals surface area contributed by atoms with Gasteiger partial charge in [-0.3, -0.25) is 0 Å². The molecule has 1 aliphatic carbocycles. The van der Waals surface area contributed by atoms with Crippen molar-refractivity contribution in [3.8, 4) is 10.8 Å². The van der Waals surface area contributed by atoms with Crippen LogP contribution in [0.2, 0.25) is 0 Å². The Balaban J connectivity index is 1.30. The van der Waals surface area contributed by atoms with E-state index in [-0.39, 0.29) is 0 Å². The van der Waals surface area contributed by atoms with Crippen LogP contribution >= 0.6 is 23.1 Å². The van der Waals surface area contributed by atoms with Crippen molar-refractivity contribution in [3.05, 3.63) is 59.8 Å². The number of nitrogens with zero attached hydrogens (tertiary/aromatic N) is 1. The summed E-state index contributed by atoms with van der Waals surface area (Å²) in [5.74, 6) is 0.847. The average Bonchev–Trinajstić information content (AvgIpc) is 2.98. The fourth-order valence-electron chi connectivity index (χ4n) is 2.51. The number of furan rings is 1. The van der Waals surface area contributed by atoms with Gasteiger partial charge in [-0.25, -0.2) is 4.98 Å². The van der Waals surface area contributed by atoms with Gasteiger partial charge in [0.15, 0.2) is 10.8 Å². The number of hydrogen-bond donors (Lipinski definition) is 1. The first-order chi connectivity index (χ1) is 11.3. The smallest absolute Gasteiger partial charge is 0.162 e. The van der Waals surface area contributed by atoms with Gasteiger partial charge in [0.05, 0.1) is 12.0 Å². The van der Waals surface area contributed by atoms with E-state index in [1.807, 2.05) is 23.9 Å². The van der Waals surface area contributed by atoms with Crippen LogP contribution in [0.1, 0.15) is 18.5 Å². The van der Waals surface area contributed by atoms with E-state index < -0.39 is 0 Å². The molecule has 3 aromatic rings. The Labute approximate surface area is 144 Å². The van der Waals surface area contributed by atoms with E-state index in [1.54, 1.807) is 17.6 Å². The van der Waals surface area contributed by atoms with Crippen LogP contribution in [0.4, 0.5) is 0 Å². The van der Waals surface area contributed by atoms with Crippen LogP contribution in [0.15, 0.2) is 63.4 Å². The Morgan fingerprint density at radius 2 is 2.04 bits per heavy atom. The molecule has 0 amide bonds. The summed E-state index contributed by atoms with van der Waals surface area (Å²) in [7, 11) is 0. The lowest BCUT2D eigenvalue weighted by Crippen LogP contribution is -2.25. The van der Waals surface area contributed by atoms with Crippen molar-refractivity contribution < 1.29 is 4.42 Å². The Bertz CT molecular complexity index is 748. The van der Waals surface area contributed by atoms with Crippen molar-refractivity contribution in [2.45, 2.75) is 29.0 Å². The Morgan fingerprint density at radius 3 is 2.78 bits per heavy atom. The lowest BCUT2D eigenvalue weighted by atomic mass is 10.4. The van der Waals surface area contributed by atoms with Gasteiger partial charge in [0, 0.05) is 28.1 Å². The van der Waals surface area contributed by atoms with Crippen molar-refractivity contribution in [3.63, 3.8) is 0 Å². The third-order valence-electron chi connectivity index (χ3n) is 3.92. The molecule has 1 saturated carbocycles. The van der Waals surface area contributed by atoms with E-state index in [9.17, 15) is 0 Å². The molecule has 0 bridgehead atoms. The quantitative estimate of drug-likeness (QED) is 0.668. The SMILES string of the molecule is c1ccc(SC2(CNCc3csc(-c4ccco4)n3)CC2)cc1. The predicted octanol–water partition coefficient (Wildman–Crippen LogP) is 4.82. The fourth-order valence-corrected chi connectivity index (χ4v) is 4.57. The maximum atomic E-state index is 5.39. The second kappa shape index (κ2) is 6.51. The van der Waals surface area contributed by atoms with Crippen molar-refractivity contribution >= 4 is 23.1 Å². The minimum absolute atomic E-state index is 0.376. The minimum Gasteiger partial charge on any atom is -0.462 e. The van der Waals surface area contributed by atoms with E-state index in [2.05, 4.69) is 46.0 Å². The van der Waals surface area contributed by atoms with Crippen LogP contribution < -0.4 is 5.32 Å². The number of nitrogens with one attached hydrogen (secondary N) is 1. The Hall–Kier alpha value is -1.56. The summed E-state index contributed by atoms with van der Waals surface area (Å²) in [6.45, 7) is 1.84. The van der Waals surface area contributed by atoms with Crippen molar-refractivity contribution in [1.82, 2.24) is 10.3 Å². The lowest BCUT2D eigenvalue weighted by molar-refractivity contribution is 0.581. The molecule has 1 aliphatic rings. The third-order valence-corrected chi connectivity index (χ3v) is 6.32. The highest BCUT2D eigenvalue weighted by molar-refractivity contribution is 8.01. The molecular formula is C18H18N2OS2. The second-order valence-corrected chi connectivity index (χ2v) is 8.22. The molecule has 2 aromatic heterocycles. The van der Waals surface area contributed by atoms with Gasteiger partial charge in [0.1, 0.15) is 0 Å². The molecule has 1 fully saturated rings. The minimum atomic E-state index is 0.376. The van der Waals surface area contributed by atoms with Crippen LogP contribution in [0.3, 0.4) is 0 Å². The molecule has 5 heteroatoms. The molecule has 118 valence electrons. The highest BCUT2D eigenvalue weighted by Crippen LogP contribution is 2.51. The number of thiazole rings is 1. The van der Waals surface area contributed by atoms with Gasteiger partial charge < -0.3 is 9.73 Å². The van der Waals surface area contributed by atoms with Gasteiger partial charge in [0.2, 0.25) is 0 Å². The highest BCUT2D eigenvalue weighted by atomic mass is 32.2. The maximum absolute atomic E-state index is 5.39. The van der Waals surface area contributed by atoms with Gasteiger partial charge >= 0.3 is 0 Å². The summed E-state index contributed by atoms with van der Waals surface area (Å²) in [4.78, 5) is 5.99. The summed E-state index contributed by atoms with van der Waals surface area (Å²) in [6, 6.07) is 14.5. The van der Waals surface area contributed by atoms with Crippen LogP contribution in [0.25, 0.3) is 10.8 Å². The van der Waals surface area contributed by atoms with Crippen molar-refractivity contribution in [1.29, 1.82) is 0 Å². The maximum Gasteiger partial charge on any atom is 0.162 e. The standard InChI is InChI=1S/C18H18N2OS2/c1-2-5-15(6-3-1)23-18(8-9-18)13-19-11-14-12-22-17(20-14)16-7-4-10-21-16/h1-7,10,12,19H,8-9,11,13H2. The number of benzene rings is 1. The molecule has 2 heterocycles. The lowest BCUT2D eigenvalue weighted by Gasteiger charge is -2.15. The van der Waals surface area contributed by atoms with Crippen molar-refractivity contribution in [2.75, 3.05) is 6.54 Å². The molecular weight excluding hydrogens is 324 g/mol. The van der Waals surface area contributed by atoms with Gasteiger partial charge in [-0.1, -0.05) is 18.2 Å². The Morgan fingerprint density at radius 1 is 1.17 bits per heavy atom. The van der Waals surface area contributed by atoms with Gasteiger partial charge in [0.25, 0.3) is 0 Å². The first-order valence-electron chi connectivity index (χ1n) is 7.76. The molecule has 0 saturated heterocycles. The average molecular weight is 342 g/mol. The summed E-state index contributed by atoms with van der Waals surface area (Å²) in [5.41, 5.74) is 1.09. The number of aromatic nitrogens is 1. The van der Waals surface area contributed by atoms with Crippen LogP contribution in [0.5, 0.6) is 0 Å². The molecule has 1 aromatic carbocycles. The van der Waals surface area contributed by atoms with Gasteiger partial charge in [-0.15, -0.1) is 23.1 Å². The third kappa shape index (κ3) is 3.68. The van der Waals surface area contributed by atoms with E-state index in [0.717, 1.165) is 29.6 Å². The molecule has 0 radical (unpaired) electrons. The molecule has 23 heavy (non-hydrogen) atoms. The Kier molecular flexibility index (Phi) is 4.25. The monoisotopic (exact) mass is 342 g/mol. The zero-order valence-corrected chi connectivity index (χ0v) is 14.3. The zero-order chi connectivity index (χ0) is 15.5. The van der Waals surface area contributed by atoms with E-state index in [0.29, 0.717) is 4.75 Å². The summed E-state index contributed by atoms with van der Waals surface area (Å²) < 4.78 is 5.77. The predicted molar refractivity (Wildman–Crippen MR) is 95.8 cm³/mol. The first-order valence-corrected chi connectivity index (χ1v) is 9.46. The van der Waals surface area contributed by atoms with Crippen LogP contribution in [-0.4, -0.2) is 16.3 Å². The van der Waals surface area contributed by atoms with Crippen molar-refractivity contribution in [2.24, 2.45) is 0 Å². The van der Waals surface area contributed by atoms with Crippen LogP contribution in [0, 0.1) is 0 Å². The number of hydrogen-bond acceptors (Lipinski definition) is 5. The largest absolute Gasteiger partial charge is 0.462 e.